The van der Waals surface area contributed by atoms with Crippen LogP contribution in [-0.4, -0.2) is 34.5 Å². The molecule has 1 aliphatic carbocycles. The number of carbonyl (C=O) groups is 2. The Balaban J connectivity index is 1.76. The number of halogens is 1. The van der Waals surface area contributed by atoms with Gasteiger partial charge in [-0.2, -0.15) is 0 Å². The van der Waals surface area contributed by atoms with Crippen molar-refractivity contribution in [3.05, 3.63) is 35.6 Å². The number of carbonyl (C=O) groups excluding carboxylic acids is 1. The number of thioether (sulfide) groups is 1. The summed E-state index contributed by atoms with van der Waals surface area (Å²) in [4.78, 5) is 22.1. The number of carboxylic acid groups (broad SMARTS) is 1. The van der Waals surface area contributed by atoms with Gasteiger partial charge < -0.3 is 10.4 Å². The maximum absolute atomic E-state index is 12.9. The second-order valence-corrected chi connectivity index (χ2v) is 6.20. The zero-order chi connectivity index (χ0) is 15.2. The van der Waals surface area contributed by atoms with Gasteiger partial charge in [-0.3, -0.25) is 9.59 Å². The minimum absolute atomic E-state index is 0.0592. The SMILES string of the molecule is O=C(O)CSCC(=O)NC1CCC(c2ccc(F)cc2)C1. The van der Waals surface area contributed by atoms with Crippen molar-refractivity contribution in [2.75, 3.05) is 11.5 Å². The van der Waals surface area contributed by atoms with Crippen molar-refractivity contribution in [3.8, 4) is 0 Å². The van der Waals surface area contributed by atoms with Gasteiger partial charge in [0.1, 0.15) is 5.82 Å². The van der Waals surface area contributed by atoms with Crippen molar-refractivity contribution in [2.24, 2.45) is 0 Å². The number of benzene rings is 1. The maximum Gasteiger partial charge on any atom is 0.313 e. The Labute approximate surface area is 127 Å². The Hall–Kier alpha value is -1.56. The fourth-order valence-corrected chi connectivity index (χ4v) is 3.20. The number of amides is 1. The molecule has 1 aromatic rings. The van der Waals surface area contributed by atoms with Gasteiger partial charge in [0.2, 0.25) is 5.91 Å². The Morgan fingerprint density at radius 2 is 1.95 bits per heavy atom. The summed E-state index contributed by atoms with van der Waals surface area (Å²) in [6.07, 6.45) is 2.72. The van der Waals surface area contributed by atoms with Crippen LogP contribution in [0.5, 0.6) is 0 Å². The molecule has 0 bridgehead atoms. The lowest BCUT2D eigenvalue weighted by Gasteiger charge is -2.13. The van der Waals surface area contributed by atoms with E-state index >= 15 is 0 Å². The summed E-state index contributed by atoms with van der Waals surface area (Å²) in [7, 11) is 0. The molecule has 114 valence electrons. The molecule has 0 heterocycles. The first kappa shape index (κ1) is 15.8. The number of aliphatic carboxylic acids is 1. The highest BCUT2D eigenvalue weighted by atomic mass is 32.2. The molecule has 2 unspecified atom stereocenters. The standard InChI is InChI=1S/C15H18FNO3S/c16-12-4-1-10(2-5-12)11-3-6-13(7-11)17-14(18)8-21-9-15(19)20/h1-2,4-5,11,13H,3,6-9H2,(H,17,18)(H,19,20). The number of hydrogen-bond donors (Lipinski definition) is 2. The van der Waals surface area contributed by atoms with Crippen LogP contribution in [-0.2, 0) is 9.59 Å². The average Bonchev–Trinajstić information content (AvgIpc) is 2.87. The van der Waals surface area contributed by atoms with E-state index in [9.17, 15) is 14.0 Å². The third-order valence-electron chi connectivity index (χ3n) is 3.60. The first-order chi connectivity index (χ1) is 10.0. The molecule has 4 nitrogen and oxygen atoms in total. The number of carboxylic acids is 1. The van der Waals surface area contributed by atoms with Crippen LogP contribution in [0.25, 0.3) is 0 Å². The van der Waals surface area contributed by atoms with Gasteiger partial charge in [-0.25, -0.2) is 4.39 Å². The summed E-state index contributed by atoms with van der Waals surface area (Å²) in [6, 6.07) is 6.64. The molecule has 6 heteroatoms. The topological polar surface area (TPSA) is 66.4 Å². The molecule has 0 spiro atoms. The van der Waals surface area contributed by atoms with E-state index in [1.54, 1.807) is 12.1 Å². The molecule has 2 rings (SSSR count). The van der Waals surface area contributed by atoms with Crippen molar-refractivity contribution >= 4 is 23.6 Å². The predicted molar refractivity (Wildman–Crippen MR) is 79.9 cm³/mol. The summed E-state index contributed by atoms with van der Waals surface area (Å²) in [5.74, 6) is -0.809. The lowest BCUT2D eigenvalue weighted by molar-refractivity contribution is -0.133. The quantitative estimate of drug-likeness (QED) is 0.846. The van der Waals surface area contributed by atoms with E-state index in [1.165, 1.54) is 12.1 Å². The van der Waals surface area contributed by atoms with Crippen LogP contribution >= 0.6 is 11.8 Å². The average molecular weight is 311 g/mol. The molecule has 2 N–H and O–H groups in total. The van der Waals surface area contributed by atoms with Crippen LogP contribution in [0.4, 0.5) is 4.39 Å². The van der Waals surface area contributed by atoms with Crippen LogP contribution in [0.2, 0.25) is 0 Å². The highest BCUT2D eigenvalue weighted by Crippen LogP contribution is 2.34. The molecule has 1 amide bonds. The van der Waals surface area contributed by atoms with Gasteiger partial charge in [0.05, 0.1) is 11.5 Å². The lowest BCUT2D eigenvalue weighted by atomic mass is 9.97. The molecule has 0 aliphatic heterocycles. The van der Waals surface area contributed by atoms with Gasteiger partial charge in [0, 0.05) is 6.04 Å². The van der Waals surface area contributed by atoms with Gasteiger partial charge in [-0.05, 0) is 42.9 Å². The monoisotopic (exact) mass is 311 g/mol. The Morgan fingerprint density at radius 1 is 1.24 bits per heavy atom. The van der Waals surface area contributed by atoms with Crippen molar-refractivity contribution < 1.29 is 19.1 Å². The second kappa shape index (κ2) is 7.45. The fraction of sp³-hybridized carbons (Fsp3) is 0.467. The Morgan fingerprint density at radius 3 is 2.62 bits per heavy atom. The highest BCUT2D eigenvalue weighted by Gasteiger charge is 2.26. The van der Waals surface area contributed by atoms with Gasteiger partial charge in [-0.15, -0.1) is 11.8 Å². The van der Waals surface area contributed by atoms with E-state index in [1.807, 2.05) is 0 Å². The summed E-state index contributed by atoms with van der Waals surface area (Å²) >= 11 is 1.10. The van der Waals surface area contributed by atoms with Crippen LogP contribution in [0.15, 0.2) is 24.3 Å². The molecular weight excluding hydrogens is 293 g/mol. The third-order valence-corrected chi connectivity index (χ3v) is 4.52. The number of rotatable bonds is 6. The van der Waals surface area contributed by atoms with Crippen LogP contribution in [0.3, 0.4) is 0 Å². The van der Waals surface area contributed by atoms with E-state index in [2.05, 4.69) is 5.32 Å². The number of nitrogens with one attached hydrogen (secondary N) is 1. The molecule has 0 radical (unpaired) electrons. The van der Waals surface area contributed by atoms with Crippen LogP contribution < -0.4 is 5.32 Å². The van der Waals surface area contributed by atoms with Crippen molar-refractivity contribution in [1.82, 2.24) is 5.32 Å². The van der Waals surface area contributed by atoms with Crippen LogP contribution in [0, 0.1) is 5.82 Å². The van der Waals surface area contributed by atoms with Crippen LogP contribution in [0.1, 0.15) is 30.7 Å². The predicted octanol–water partition coefficient (Wildman–Crippen LogP) is 2.40. The summed E-state index contributed by atoms with van der Waals surface area (Å²) in [6.45, 7) is 0. The normalized spacial score (nSPS) is 21.2. The summed E-state index contributed by atoms with van der Waals surface area (Å²) in [5.41, 5.74) is 1.11. The largest absolute Gasteiger partial charge is 0.481 e. The molecule has 0 saturated heterocycles. The molecule has 1 fully saturated rings. The molecule has 21 heavy (non-hydrogen) atoms. The first-order valence-electron chi connectivity index (χ1n) is 6.89. The van der Waals surface area contributed by atoms with Crippen molar-refractivity contribution in [1.29, 1.82) is 0 Å². The molecule has 1 saturated carbocycles. The molecule has 1 aromatic carbocycles. The lowest BCUT2D eigenvalue weighted by Crippen LogP contribution is -2.34. The highest BCUT2D eigenvalue weighted by molar-refractivity contribution is 8.00. The fourth-order valence-electron chi connectivity index (χ4n) is 2.65. The van der Waals surface area contributed by atoms with Crippen molar-refractivity contribution in [3.63, 3.8) is 0 Å². The van der Waals surface area contributed by atoms with Crippen molar-refractivity contribution in [2.45, 2.75) is 31.2 Å². The van der Waals surface area contributed by atoms with Gasteiger partial charge in [0.15, 0.2) is 0 Å². The molecule has 1 aliphatic rings. The van der Waals surface area contributed by atoms with E-state index in [4.69, 9.17) is 5.11 Å². The third kappa shape index (κ3) is 5.04. The Bertz CT molecular complexity index is 506. The molecule has 2 atom stereocenters. The number of hydrogen-bond acceptors (Lipinski definition) is 3. The smallest absolute Gasteiger partial charge is 0.313 e. The van der Waals surface area contributed by atoms with Gasteiger partial charge in [0.25, 0.3) is 0 Å². The van der Waals surface area contributed by atoms with Gasteiger partial charge >= 0.3 is 5.97 Å². The first-order valence-corrected chi connectivity index (χ1v) is 8.04. The van der Waals surface area contributed by atoms with E-state index < -0.39 is 5.97 Å². The zero-order valence-corrected chi connectivity index (χ0v) is 12.4. The summed E-state index contributed by atoms with van der Waals surface area (Å²) < 4.78 is 12.9. The van der Waals surface area contributed by atoms with Gasteiger partial charge in [-0.1, -0.05) is 12.1 Å². The maximum atomic E-state index is 12.9. The Kier molecular flexibility index (Phi) is 5.61. The summed E-state index contributed by atoms with van der Waals surface area (Å²) in [5, 5.41) is 11.4. The minimum atomic E-state index is -0.912. The minimum Gasteiger partial charge on any atom is -0.481 e. The second-order valence-electron chi connectivity index (χ2n) is 5.21. The molecular formula is C15H18FNO3S. The van der Waals surface area contributed by atoms with E-state index in [-0.39, 0.29) is 29.3 Å². The van der Waals surface area contributed by atoms with E-state index in [0.717, 1.165) is 36.6 Å². The zero-order valence-electron chi connectivity index (χ0n) is 11.5. The van der Waals surface area contributed by atoms with E-state index in [0.29, 0.717) is 5.92 Å². The molecule has 0 aromatic heterocycles.